The van der Waals surface area contributed by atoms with Crippen LogP contribution in [-0.2, 0) is 11.3 Å². The zero-order chi connectivity index (χ0) is 13.7. The number of rotatable bonds is 5. The van der Waals surface area contributed by atoms with E-state index in [0.717, 1.165) is 15.6 Å². The van der Waals surface area contributed by atoms with E-state index in [1.165, 1.54) is 0 Å². The molecule has 0 radical (unpaired) electrons. The second-order valence-electron chi connectivity index (χ2n) is 3.85. The van der Waals surface area contributed by atoms with Crippen LogP contribution in [0.25, 0.3) is 0 Å². The SMILES string of the molecule is CCOC(=O)c1ccccc1NCc1cc(Cl)cs1. The highest BCUT2D eigenvalue weighted by Gasteiger charge is 2.11. The molecule has 5 heteroatoms. The summed E-state index contributed by atoms with van der Waals surface area (Å²) in [5.74, 6) is -0.310. The van der Waals surface area contributed by atoms with Gasteiger partial charge in [0, 0.05) is 22.5 Å². The first kappa shape index (κ1) is 13.9. The molecular weight excluding hydrogens is 282 g/mol. The highest BCUT2D eigenvalue weighted by atomic mass is 35.5. The summed E-state index contributed by atoms with van der Waals surface area (Å²) in [6.45, 7) is 2.79. The van der Waals surface area contributed by atoms with Crippen molar-refractivity contribution in [3.05, 3.63) is 51.2 Å². The number of ether oxygens (including phenoxy) is 1. The van der Waals surface area contributed by atoms with E-state index in [1.54, 1.807) is 24.3 Å². The first-order valence-corrected chi connectivity index (χ1v) is 7.19. The van der Waals surface area contributed by atoms with Crippen LogP contribution in [0.4, 0.5) is 5.69 Å². The van der Waals surface area contributed by atoms with Crippen molar-refractivity contribution in [2.24, 2.45) is 0 Å². The summed E-state index contributed by atoms with van der Waals surface area (Å²) in [6.07, 6.45) is 0. The van der Waals surface area contributed by atoms with Crippen LogP contribution in [0.1, 0.15) is 22.2 Å². The molecule has 2 aromatic rings. The standard InChI is InChI=1S/C14H14ClNO2S/c1-2-18-14(17)12-5-3-4-6-13(12)16-8-11-7-10(15)9-19-11/h3-7,9,16H,2,8H2,1H3. The molecule has 0 saturated heterocycles. The van der Waals surface area contributed by atoms with Gasteiger partial charge in [-0.05, 0) is 25.1 Å². The monoisotopic (exact) mass is 295 g/mol. The quantitative estimate of drug-likeness (QED) is 0.841. The number of thiophene rings is 1. The summed E-state index contributed by atoms with van der Waals surface area (Å²) in [5, 5.41) is 5.85. The number of anilines is 1. The number of esters is 1. The van der Waals surface area contributed by atoms with Crippen molar-refractivity contribution in [3.8, 4) is 0 Å². The second-order valence-corrected chi connectivity index (χ2v) is 5.28. The Kier molecular flexibility index (Phi) is 4.82. The van der Waals surface area contributed by atoms with Crippen LogP contribution in [0.2, 0.25) is 5.02 Å². The van der Waals surface area contributed by atoms with Crippen LogP contribution in [-0.4, -0.2) is 12.6 Å². The van der Waals surface area contributed by atoms with Gasteiger partial charge in [-0.1, -0.05) is 23.7 Å². The predicted molar refractivity (Wildman–Crippen MR) is 79.1 cm³/mol. The molecule has 1 heterocycles. The molecule has 0 spiro atoms. The minimum absolute atomic E-state index is 0.310. The molecule has 19 heavy (non-hydrogen) atoms. The van der Waals surface area contributed by atoms with E-state index >= 15 is 0 Å². The fraction of sp³-hybridized carbons (Fsp3) is 0.214. The summed E-state index contributed by atoms with van der Waals surface area (Å²) in [7, 11) is 0. The number of hydrogen-bond acceptors (Lipinski definition) is 4. The van der Waals surface area contributed by atoms with Gasteiger partial charge in [-0.2, -0.15) is 0 Å². The second kappa shape index (κ2) is 6.59. The van der Waals surface area contributed by atoms with Crippen LogP contribution in [0.5, 0.6) is 0 Å². The maximum Gasteiger partial charge on any atom is 0.340 e. The number of halogens is 1. The molecule has 0 aliphatic heterocycles. The molecule has 0 fully saturated rings. The van der Waals surface area contributed by atoms with Gasteiger partial charge < -0.3 is 10.1 Å². The number of nitrogens with one attached hydrogen (secondary N) is 1. The lowest BCUT2D eigenvalue weighted by molar-refractivity contribution is 0.0527. The van der Waals surface area contributed by atoms with Crippen molar-refractivity contribution in [1.29, 1.82) is 0 Å². The van der Waals surface area contributed by atoms with Gasteiger partial charge in [0.1, 0.15) is 0 Å². The molecule has 3 nitrogen and oxygen atoms in total. The Hall–Kier alpha value is -1.52. The van der Waals surface area contributed by atoms with E-state index in [0.29, 0.717) is 18.7 Å². The zero-order valence-electron chi connectivity index (χ0n) is 10.5. The van der Waals surface area contributed by atoms with Gasteiger partial charge in [-0.3, -0.25) is 0 Å². The highest BCUT2D eigenvalue weighted by Crippen LogP contribution is 2.22. The van der Waals surface area contributed by atoms with Crippen LogP contribution >= 0.6 is 22.9 Å². The van der Waals surface area contributed by atoms with E-state index in [9.17, 15) is 4.79 Å². The Bertz CT molecular complexity index is 568. The topological polar surface area (TPSA) is 38.3 Å². The lowest BCUT2D eigenvalue weighted by atomic mass is 10.2. The normalized spacial score (nSPS) is 10.2. The summed E-state index contributed by atoms with van der Waals surface area (Å²) in [4.78, 5) is 12.9. The number of benzene rings is 1. The first-order valence-electron chi connectivity index (χ1n) is 5.93. The van der Waals surface area contributed by atoms with Gasteiger partial charge in [0.05, 0.1) is 17.2 Å². The van der Waals surface area contributed by atoms with Gasteiger partial charge in [0.15, 0.2) is 0 Å². The molecule has 2 rings (SSSR count). The number of carbonyl (C=O) groups excluding carboxylic acids is 1. The Morgan fingerprint density at radius 2 is 2.21 bits per heavy atom. The summed E-state index contributed by atoms with van der Waals surface area (Å²) >= 11 is 7.46. The molecule has 1 aromatic heterocycles. The first-order chi connectivity index (χ1) is 9.20. The molecule has 0 unspecified atom stereocenters. The van der Waals surface area contributed by atoms with Gasteiger partial charge >= 0.3 is 5.97 Å². The third kappa shape index (κ3) is 3.72. The largest absolute Gasteiger partial charge is 0.462 e. The van der Waals surface area contributed by atoms with E-state index in [4.69, 9.17) is 16.3 Å². The van der Waals surface area contributed by atoms with E-state index in [2.05, 4.69) is 5.32 Å². The van der Waals surface area contributed by atoms with Crippen LogP contribution in [0.3, 0.4) is 0 Å². The molecule has 0 saturated carbocycles. The fourth-order valence-electron chi connectivity index (χ4n) is 1.65. The van der Waals surface area contributed by atoms with Crippen LogP contribution in [0, 0.1) is 0 Å². The third-order valence-electron chi connectivity index (χ3n) is 2.50. The molecular formula is C14H14ClNO2S. The van der Waals surface area contributed by atoms with Crippen molar-refractivity contribution in [2.75, 3.05) is 11.9 Å². The fourth-order valence-corrected chi connectivity index (χ4v) is 2.67. The number of hydrogen-bond donors (Lipinski definition) is 1. The Morgan fingerprint density at radius 1 is 1.42 bits per heavy atom. The summed E-state index contributed by atoms with van der Waals surface area (Å²) in [5.41, 5.74) is 1.32. The van der Waals surface area contributed by atoms with Gasteiger partial charge in [0.2, 0.25) is 0 Å². The van der Waals surface area contributed by atoms with Crippen molar-refractivity contribution in [3.63, 3.8) is 0 Å². The Balaban J connectivity index is 2.09. The average Bonchev–Trinajstić information content (AvgIpc) is 2.83. The predicted octanol–water partition coefficient (Wildman–Crippen LogP) is 4.19. The minimum Gasteiger partial charge on any atom is -0.462 e. The van der Waals surface area contributed by atoms with E-state index in [-0.39, 0.29) is 5.97 Å². The van der Waals surface area contributed by atoms with Crippen LogP contribution < -0.4 is 5.32 Å². The average molecular weight is 296 g/mol. The van der Waals surface area contributed by atoms with Crippen molar-refractivity contribution < 1.29 is 9.53 Å². The van der Waals surface area contributed by atoms with Gasteiger partial charge in [-0.15, -0.1) is 11.3 Å². The maximum absolute atomic E-state index is 11.8. The lowest BCUT2D eigenvalue weighted by Crippen LogP contribution is -2.09. The van der Waals surface area contributed by atoms with Crippen molar-refractivity contribution in [2.45, 2.75) is 13.5 Å². The molecule has 0 bridgehead atoms. The van der Waals surface area contributed by atoms with Gasteiger partial charge in [-0.25, -0.2) is 4.79 Å². The van der Waals surface area contributed by atoms with E-state index < -0.39 is 0 Å². The molecule has 1 N–H and O–H groups in total. The van der Waals surface area contributed by atoms with Crippen LogP contribution in [0.15, 0.2) is 35.7 Å². The third-order valence-corrected chi connectivity index (χ3v) is 3.78. The molecule has 0 atom stereocenters. The van der Waals surface area contributed by atoms with Crippen molar-refractivity contribution in [1.82, 2.24) is 0 Å². The minimum atomic E-state index is -0.310. The number of carbonyl (C=O) groups is 1. The molecule has 0 aliphatic carbocycles. The summed E-state index contributed by atoms with van der Waals surface area (Å²) < 4.78 is 5.03. The maximum atomic E-state index is 11.8. The number of para-hydroxylation sites is 1. The Morgan fingerprint density at radius 3 is 2.89 bits per heavy atom. The zero-order valence-corrected chi connectivity index (χ0v) is 12.1. The molecule has 0 amide bonds. The smallest absolute Gasteiger partial charge is 0.340 e. The Labute approximate surface area is 121 Å². The highest BCUT2D eigenvalue weighted by molar-refractivity contribution is 7.10. The lowest BCUT2D eigenvalue weighted by Gasteiger charge is -2.10. The molecule has 1 aromatic carbocycles. The van der Waals surface area contributed by atoms with Gasteiger partial charge in [0.25, 0.3) is 0 Å². The molecule has 100 valence electrons. The van der Waals surface area contributed by atoms with Crippen molar-refractivity contribution >= 4 is 34.6 Å². The summed E-state index contributed by atoms with van der Waals surface area (Å²) in [6, 6.07) is 9.22. The van der Waals surface area contributed by atoms with E-state index in [1.807, 2.05) is 29.6 Å². The molecule has 0 aliphatic rings.